The number of anilines is 1. The van der Waals surface area contributed by atoms with E-state index in [4.69, 9.17) is 14.2 Å². The number of rotatable bonds is 5. The Hall–Kier alpha value is -3.91. The second-order valence-electron chi connectivity index (χ2n) is 7.00. The Balaban J connectivity index is 1.50. The third-order valence-corrected chi connectivity index (χ3v) is 5.87. The Bertz CT molecular complexity index is 1290. The van der Waals surface area contributed by atoms with Crippen LogP contribution >= 0.6 is 11.3 Å². The van der Waals surface area contributed by atoms with Crippen molar-refractivity contribution in [3.63, 3.8) is 0 Å². The molecule has 32 heavy (non-hydrogen) atoms. The summed E-state index contributed by atoms with van der Waals surface area (Å²) in [5.74, 6) is 1.50. The summed E-state index contributed by atoms with van der Waals surface area (Å²) in [6.07, 6.45) is 0.779. The van der Waals surface area contributed by atoms with Crippen molar-refractivity contribution in [3.05, 3.63) is 78.4 Å². The fraction of sp³-hybridized carbons (Fsp3) is 0.125. The Morgan fingerprint density at radius 2 is 1.91 bits per heavy atom. The zero-order chi connectivity index (χ0) is 21.9. The van der Waals surface area contributed by atoms with E-state index in [9.17, 15) is 4.79 Å². The molecule has 2 heterocycles. The van der Waals surface area contributed by atoms with Crippen LogP contribution in [-0.2, 0) is 4.79 Å². The molecule has 1 atom stereocenters. The van der Waals surface area contributed by atoms with Gasteiger partial charge in [-0.2, -0.15) is 10.1 Å². The van der Waals surface area contributed by atoms with Crippen LogP contribution in [0.1, 0.15) is 5.56 Å². The highest BCUT2D eigenvalue weighted by Crippen LogP contribution is 2.34. The third-order valence-electron chi connectivity index (χ3n) is 4.88. The maximum absolute atomic E-state index is 13.5. The fourth-order valence-electron chi connectivity index (χ4n) is 3.25. The van der Waals surface area contributed by atoms with Crippen LogP contribution in [0.2, 0.25) is 0 Å². The zero-order valence-corrected chi connectivity index (χ0v) is 18.0. The molecule has 0 bridgehead atoms. The summed E-state index contributed by atoms with van der Waals surface area (Å²) < 4.78 is 17.9. The summed E-state index contributed by atoms with van der Waals surface area (Å²) in [5.41, 5.74) is 1.61. The van der Waals surface area contributed by atoms with E-state index in [0.717, 1.165) is 21.5 Å². The molecule has 8 heteroatoms. The molecule has 1 aliphatic rings. The number of nitrogens with zero attached hydrogens (tertiary/aromatic N) is 3. The van der Waals surface area contributed by atoms with E-state index in [1.54, 1.807) is 19.4 Å². The van der Waals surface area contributed by atoms with Crippen molar-refractivity contribution < 1.29 is 19.0 Å². The number of benzene rings is 3. The molecular formula is C24H19N3O4S. The number of hydrogen-bond donors (Lipinski definition) is 0. The highest BCUT2D eigenvalue weighted by Gasteiger charge is 2.33. The molecule has 0 radical (unpaired) electrons. The molecule has 0 saturated carbocycles. The van der Waals surface area contributed by atoms with Crippen LogP contribution in [0, 0.1) is 0 Å². The van der Waals surface area contributed by atoms with Gasteiger partial charge in [-0.05, 0) is 35.9 Å². The van der Waals surface area contributed by atoms with Gasteiger partial charge in [-0.15, -0.1) is 0 Å². The lowest BCUT2D eigenvalue weighted by Gasteiger charge is -2.27. The summed E-state index contributed by atoms with van der Waals surface area (Å²) in [4.78, 5) is 18.1. The van der Waals surface area contributed by atoms with E-state index in [2.05, 4.69) is 10.1 Å². The molecular weight excluding hydrogens is 426 g/mol. The molecule has 160 valence electrons. The fourth-order valence-corrected chi connectivity index (χ4v) is 4.21. The number of carbonyl (C=O) groups is 1. The monoisotopic (exact) mass is 445 g/mol. The SMILES string of the molecule is COc1ccc2nc(N(/N=C/c3ccccc3)C(=O)C3COc4ccccc4O3)sc2c1. The number of carbonyl (C=O) groups excluding carboxylic acids is 1. The van der Waals surface area contributed by atoms with Gasteiger partial charge in [0.25, 0.3) is 5.91 Å². The summed E-state index contributed by atoms with van der Waals surface area (Å²) in [5, 5.41) is 6.19. The minimum absolute atomic E-state index is 0.0892. The van der Waals surface area contributed by atoms with Crippen molar-refractivity contribution >= 4 is 38.8 Å². The number of amides is 1. The molecule has 0 spiro atoms. The standard InChI is InChI=1S/C24H19N3O4S/c1-29-17-11-12-18-22(13-17)32-24(26-18)27(25-14-16-7-3-2-4-8-16)23(28)21-15-30-19-9-5-6-10-20(19)31-21/h2-14,21H,15H2,1H3/b25-14+. The van der Waals surface area contributed by atoms with Gasteiger partial charge in [-0.3, -0.25) is 4.79 Å². The zero-order valence-electron chi connectivity index (χ0n) is 17.2. The van der Waals surface area contributed by atoms with Gasteiger partial charge in [0, 0.05) is 0 Å². The van der Waals surface area contributed by atoms with Crippen LogP contribution in [0.3, 0.4) is 0 Å². The van der Waals surface area contributed by atoms with Crippen molar-refractivity contribution in [2.45, 2.75) is 6.10 Å². The predicted molar refractivity (Wildman–Crippen MR) is 124 cm³/mol. The highest BCUT2D eigenvalue weighted by atomic mass is 32.1. The first-order chi connectivity index (χ1) is 15.7. The highest BCUT2D eigenvalue weighted by molar-refractivity contribution is 7.22. The number of hydrogen-bond acceptors (Lipinski definition) is 7. The van der Waals surface area contributed by atoms with Gasteiger partial charge in [0.1, 0.15) is 12.4 Å². The molecule has 0 saturated heterocycles. The van der Waals surface area contributed by atoms with E-state index in [-0.39, 0.29) is 12.5 Å². The molecule has 3 aromatic carbocycles. The molecule has 4 aromatic rings. The van der Waals surface area contributed by atoms with Crippen LogP contribution in [0.4, 0.5) is 5.13 Å². The Kier molecular flexibility index (Phi) is 5.43. The molecule has 1 aliphatic heterocycles. The van der Waals surface area contributed by atoms with E-state index in [1.807, 2.05) is 66.7 Å². The molecule has 1 aromatic heterocycles. The van der Waals surface area contributed by atoms with Crippen LogP contribution in [0.25, 0.3) is 10.2 Å². The lowest BCUT2D eigenvalue weighted by atomic mass is 10.2. The average molecular weight is 446 g/mol. The average Bonchev–Trinajstić information content (AvgIpc) is 3.27. The maximum atomic E-state index is 13.5. The number of para-hydroxylation sites is 2. The topological polar surface area (TPSA) is 73.2 Å². The lowest BCUT2D eigenvalue weighted by Crippen LogP contribution is -2.44. The van der Waals surface area contributed by atoms with E-state index in [1.165, 1.54) is 16.3 Å². The number of hydrazone groups is 1. The van der Waals surface area contributed by atoms with Crippen molar-refractivity contribution in [2.24, 2.45) is 5.10 Å². The van der Waals surface area contributed by atoms with Crippen LogP contribution in [0.5, 0.6) is 17.2 Å². The van der Waals surface area contributed by atoms with Gasteiger partial charge in [0.15, 0.2) is 11.5 Å². The van der Waals surface area contributed by atoms with Gasteiger partial charge >= 0.3 is 0 Å². The summed E-state index contributed by atoms with van der Waals surface area (Å²) >= 11 is 1.35. The van der Waals surface area contributed by atoms with Crippen molar-refractivity contribution in [1.29, 1.82) is 0 Å². The number of fused-ring (bicyclic) bond motifs is 2. The first kappa shape index (κ1) is 20.0. The van der Waals surface area contributed by atoms with Crippen LogP contribution in [-0.4, -0.2) is 36.9 Å². The summed E-state index contributed by atoms with van der Waals surface area (Å²) in [6.45, 7) is 0.0892. The molecule has 0 N–H and O–H groups in total. The smallest absolute Gasteiger partial charge is 0.294 e. The molecule has 0 fully saturated rings. The predicted octanol–water partition coefficient (Wildman–Crippen LogP) is 4.51. The van der Waals surface area contributed by atoms with Crippen LogP contribution in [0.15, 0.2) is 77.9 Å². The number of methoxy groups -OCH3 is 1. The normalized spacial score (nSPS) is 15.1. The lowest BCUT2D eigenvalue weighted by molar-refractivity contribution is -0.127. The van der Waals surface area contributed by atoms with Crippen molar-refractivity contribution in [3.8, 4) is 17.2 Å². The molecule has 5 rings (SSSR count). The summed E-state index contributed by atoms with van der Waals surface area (Å²) in [7, 11) is 1.61. The van der Waals surface area contributed by atoms with Gasteiger partial charge in [-0.1, -0.05) is 53.8 Å². The van der Waals surface area contributed by atoms with Gasteiger partial charge in [-0.25, -0.2) is 4.98 Å². The second-order valence-corrected chi connectivity index (χ2v) is 8.01. The van der Waals surface area contributed by atoms with Crippen LogP contribution < -0.4 is 19.2 Å². The Labute approximate surface area is 188 Å². The van der Waals surface area contributed by atoms with Crippen molar-refractivity contribution in [2.75, 3.05) is 18.7 Å². The second kappa shape index (κ2) is 8.68. The largest absolute Gasteiger partial charge is 0.497 e. The maximum Gasteiger partial charge on any atom is 0.294 e. The minimum Gasteiger partial charge on any atom is -0.497 e. The minimum atomic E-state index is -0.848. The van der Waals surface area contributed by atoms with Crippen molar-refractivity contribution in [1.82, 2.24) is 4.98 Å². The molecule has 1 amide bonds. The van der Waals surface area contributed by atoms with E-state index in [0.29, 0.717) is 16.6 Å². The van der Waals surface area contributed by atoms with Gasteiger partial charge < -0.3 is 14.2 Å². The quantitative estimate of drug-likeness (QED) is 0.334. The van der Waals surface area contributed by atoms with Gasteiger partial charge in [0.2, 0.25) is 11.2 Å². The first-order valence-electron chi connectivity index (χ1n) is 9.97. The first-order valence-corrected chi connectivity index (χ1v) is 10.8. The molecule has 1 unspecified atom stereocenters. The Morgan fingerprint density at radius 1 is 1.12 bits per heavy atom. The molecule has 7 nitrogen and oxygen atoms in total. The Morgan fingerprint density at radius 3 is 2.72 bits per heavy atom. The number of aromatic nitrogens is 1. The third kappa shape index (κ3) is 4.00. The number of thiazole rings is 1. The number of ether oxygens (including phenoxy) is 3. The van der Waals surface area contributed by atoms with Gasteiger partial charge in [0.05, 0.1) is 23.5 Å². The summed E-state index contributed by atoms with van der Waals surface area (Å²) in [6, 6.07) is 22.4. The van der Waals surface area contributed by atoms with E-state index < -0.39 is 6.10 Å². The molecule has 0 aliphatic carbocycles. The van der Waals surface area contributed by atoms with E-state index >= 15 is 0 Å².